The number of non-ortho nitro benzene ring substituents is 1. The number of nitro groups is 2. The van der Waals surface area contributed by atoms with Crippen molar-refractivity contribution in [2.45, 2.75) is 6.92 Å². The zero-order chi connectivity index (χ0) is 22.3. The molecule has 0 unspecified atom stereocenters. The predicted molar refractivity (Wildman–Crippen MR) is 101 cm³/mol. The van der Waals surface area contributed by atoms with E-state index in [1.54, 1.807) is 29.4 Å². The molecule has 0 saturated carbocycles. The van der Waals surface area contributed by atoms with Crippen LogP contribution < -0.4 is 19.3 Å². The maximum Gasteiger partial charge on any atom is 0.347 e. The molecule has 2 aromatic heterocycles. The van der Waals surface area contributed by atoms with E-state index in [9.17, 15) is 34.6 Å². The average Bonchev–Trinajstić information content (AvgIpc) is 2.74. The number of benzene rings is 1. The summed E-state index contributed by atoms with van der Waals surface area (Å²) in [6.45, 7) is 1.32. The van der Waals surface area contributed by atoms with E-state index in [4.69, 9.17) is 0 Å². The van der Waals surface area contributed by atoms with Gasteiger partial charge in [-0.15, -0.1) is 0 Å². The summed E-state index contributed by atoms with van der Waals surface area (Å²) in [6.07, 6.45) is 6.68. The lowest BCUT2D eigenvalue weighted by molar-refractivity contribution is -0.600. The largest absolute Gasteiger partial charge is 0.811 e. The summed E-state index contributed by atoms with van der Waals surface area (Å²) in [6, 6.07) is 11.0. The second kappa shape index (κ2) is 9.79. The van der Waals surface area contributed by atoms with Gasteiger partial charge in [0.1, 0.15) is 6.07 Å². The Labute approximate surface area is 170 Å². The second-order valence-electron chi connectivity index (χ2n) is 5.90. The molecule has 12 heteroatoms. The number of pyridine rings is 2. The van der Waals surface area contributed by atoms with Crippen molar-refractivity contribution in [1.82, 2.24) is 0 Å². The van der Waals surface area contributed by atoms with Crippen molar-refractivity contribution in [2.75, 3.05) is 6.16 Å². The van der Waals surface area contributed by atoms with Gasteiger partial charge in [0.05, 0.1) is 9.85 Å². The number of hydrogen-bond donors (Lipinski definition) is 0. The summed E-state index contributed by atoms with van der Waals surface area (Å²) in [4.78, 5) is 42.6. The number of H-pyrrole nitrogens is 1. The highest BCUT2D eigenvalue weighted by Crippen LogP contribution is 2.25. The first-order chi connectivity index (χ1) is 14.1. The first kappa shape index (κ1) is 22.8. The van der Waals surface area contributed by atoms with Crippen molar-refractivity contribution in [3.8, 4) is 16.8 Å². The van der Waals surface area contributed by atoms with Crippen LogP contribution in [0.25, 0.3) is 16.8 Å². The van der Waals surface area contributed by atoms with Crippen LogP contribution in [0.1, 0.15) is 6.92 Å². The highest BCUT2D eigenvalue weighted by Gasteiger charge is 2.26. The molecule has 0 aliphatic carbocycles. The van der Waals surface area contributed by atoms with Crippen LogP contribution in [0.2, 0.25) is 0 Å². The first-order valence-electron chi connectivity index (χ1n) is 8.54. The molecule has 0 spiro atoms. The van der Waals surface area contributed by atoms with E-state index in [0.29, 0.717) is 0 Å². The highest BCUT2D eigenvalue weighted by molar-refractivity contribution is 7.48. The van der Waals surface area contributed by atoms with Crippen LogP contribution in [0.15, 0.2) is 67.3 Å². The van der Waals surface area contributed by atoms with Crippen LogP contribution in [0.5, 0.6) is 0 Å². The smallest absolute Gasteiger partial charge is 0.347 e. The number of rotatable bonds is 5. The van der Waals surface area contributed by atoms with Crippen LogP contribution in [-0.2, 0) is 4.57 Å². The van der Waals surface area contributed by atoms with Gasteiger partial charge in [-0.3, -0.25) is 20.2 Å². The summed E-state index contributed by atoms with van der Waals surface area (Å²) >= 11 is 0. The fourth-order valence-corrected chi connectivity index (χ4v) is 2.35. The Morgan fingerprint density at radius 3 is 1.93 bits per heavy atom. The van der Waals surface area contributed by atoms with Gasteiger partial charge in [-0.05, 0) is 17.3 Å². The maximum atomic E-state index is 11.2. The molecule has 0 fully saturated rings. The van der Waals surface area contributed by atoms with Crippen molar-refractivity contribution in [3.63, 3.8) is 0 Å². The van der Waals surface area contributed by atoms with Gasteiger partial charge < -0.3 is 14.4 Å². The normalized spacial score (nSPS) is 10.6. The molecule has 3 aromatic rings. The first-order valence-corrected chi connectivity index (χ1v) is 10.3. The zero-order valence-electron chi connectivity index (χ0n) is 15.7. The predicted octanol–water partition coefficient (Wildman–Crippen LogP) is 1.18. The third-order valence-corrected chi connectivity index (χ3v) is 4.69. The molecule has 1 N–H and O–H groups in total. The zero-order valence-corrected chi connectivity index (χ0v) is 16.6. The van der Waals surface area contributed by atoms with Gasteiger partial charge in [-0.2, -0.15) is 4.57 Å². The topological polar surface area (TPSA) is 167 Å². The number of hydrogen-bond acceptors (Lipinski definition) is 7. The van der Waals surface area contributed by atoms with E-state index in [-0.39, 0.29) is 23.2 Å². The van der Waals surface area contributed by atoms with Gasteiger partial charge in [0.15, 0.2) is 24.8 Å². The standard InChI is InChI=1S/C16H11N4O4.C2H7O3P/c21-19(22)14-1-2-15(16(11-14)20(23)24)18-9-5-13(6-10-18)12-3-7-17-8-4-12;1-2-6(3,4)5/h1-11H;2H2,1H3,(H2,3,4,5)/q+1;/p-1. The Morgan fingerprint density at radius 1 is 0.933 bits per heavy atom. The minimum Gasteiger partial charge on any atom is -0.811 e. The molecule has 156 valence electrons. The van der Waals surface area contributed by atoms with Gasteiger partial charge in [-0.1, -0.05) is 14.5 Å². The number of nitrogens with zero attached hydrogens (tertiary/aromatic N) is 3. The van der Waals surface area contributed by atoms with E-state index >= 15 is 0 Å². The SMILES string of the molecule is CCP(=O)([O-])[O-].O=[N+]([O-])c1ccc(-[n+]2ccc(-c3cc[nH+]cc3)cc2)c([N+](=O)[O-])c1. The molecular formula is C18H17N4O7P. The van der Waals surface area contributed by atoms with Crippen molar-refractivity contribution < 1.29 is 33.7 Å². The third-order valence-electron chi connectivity index (χ3n) is 3.91. The minimum absolute atomic E-state index is 0.263. The lowest BCUT2D eigenvalue weighted by Gasteiger charge is -2.26. The molecule has 0 atom stereocenters. The maximum absolute atomic E-state index is 11.2. The lowest BCUT2D eigenvalue weighted by Crippen LogP contribution is -2.30. The van der Waals surface area contributed by atoms with Crippen molar-refractivity contribution in [3.05, 3.63) is 87.5 Å². The number of nitro benzene ring substituents is 2. The van der Waals surface area contributed by atoms with Crippen molar-refractivity contribution >= 4 is 19.0 Å². The van der Waals surface area contributed by atoms with E-state index < -0.39 is 17.4 Å². The van der Waals surface area contributed by atoms with Gasteiger partial charge in [0, 0.05) is 36.4 Å². The Hall–Kier alpha value is -3.53. The summed E-state index contributed by atoms with van der Waals surface area (Å²) in [5.74, 6) is 0. The molecule has 0 saturated heterocycles. The quantitative estimate of drug-likeness (QED) is 0.252. The monoisotopic (exact) mass is 432 g/mol. The Balaban J connectivity index is 0.000000469. The molecule has 1 aromatic carbocycles. The number of aromatic nitrogens is 2. The fourth-order valence-electron chi connectivity index (χ4n) is 2.35. The fraction of sp³-hybridized carbons (Fsp3) is 0.111. The Bertz CT molecular complexity index is 1090. The van der Waals surface area contributed by atoms with Crippen molar-refractivity contribution in [1.29, 1.82) is 0 Å². The van der Waals surface area contributed by atoms with E-state index in [0.717, 1.165) is 17.2 Å². The summed E-state index contributed by atoms with van der Waals surface area (Å²) < 4.78 is 11.0. The average molecular weight is 432 g/mol. The molecule has 11 nitrogen and oxygen atoms in total. The third kappa shape index (κ3) is 6.24. The molecule has 3 rings (SSSR count). The summed E-state index contributed by atoms with van der Waals surface area (Å²) in [7, 11) is -4.15. The Kier molecular flexibility index (Phi) is 7.43. The van der Waals surface area contributed by atoms with Gasteiger partial charge >= 0.3 is 5.69 Å². The molecule has 2 heterocycles. The molecule has 0 amide bonds. The van der Waals surface area contributed by atoms with Crippen LogP contribution in [0.4, 0.5) is 11.4 Å². The number of aromatic amines is 1. The molecule has 0 bridgehead atoms. The molecule has 0 aliphatic rings. The van der Waals surface area contributed by atoms with E-state index in [2.05, 4.69) is 4.98 Å². The molecule has 0 aliphatic heterocycles. The Morgan fingerprint density at radius 2 is 1.47 bits per heavy atom. The van der Waals surface area contributed by atoms with Crippen LogP contribution in [-0.4, -0.2) is 16.0 Å². The second-order valence-corrected chi connectivity index (χ2v) is 7.75. The number of nitrogens with one attached hydrogen (secondary N) is 1. The van der Waals surface area contributed by atoms with Crippen LogP contribution in [0.3, 0.4) is 0 Å². The molecular weight excluding hydrogens is 415 g/mol. The molecule has 30 heavy (non-hydrogen) atoms. The van der Waals surface area contributed by atoms with E-state index in [1.807, 2.05) is 24.3 Å². The van der Waals surface area contributed by atoms with Crippen molar-refractivity contribution in [2.24, 2.45) is 0 Å². The summed E-state index contributed by atoms with van der Waals surface area (Å²) in [5, 5.41) is 22.0. The minimum atomic E-state index is -4.15. The molecule has 0 radical (unpaired) electrons. The van der Waals surface area contributed by atoms with Gasteiger partial charge in [-0.25, -0.2) is 4.98 Å². The van der Waals surface area contributed by atoms with Gasteiger partial charge in [0.25, 0.3) is 11.4 Å². The van der Waals surface area contributed by atoms with E-state index in [1.165, 1.54) is 19.1 Å². The highest BCUT2D eigenvalue weighted by atomic mass is 31.2. The van der Waals surface area contributed by atoms with Crippen LogP contribution >= 0.6 is 7.60 Å². The summed E-state index contributed by atoms with van der Waals surface area (Å²) in [5.41, 5.74) is 1.57. The van der Waals surface area contributed by atoms with Gasteiger partial charge in [0.2, 0.25) is 0 Å². The van der Waals surface area contributed by atoms with Crippen LogP contribution in [0, 0.1) is 20.2 Å². The lowest BCUT2D eigenvalue weighted by atomic mass is 10.1.